The minimum absolute atomic E-state index is 0.00778. The molecular weight excluding hydrogens is 212 g/mol. The van der Waals surface area contributed by atoms with Crippen molar-refractivity contribution in [1.82, 2.24) is 4.98 Å². The first-order valence-electron chi connectivity index (χ1n) is 3.75. The predicted octanol–water partition coefficient (Wildman–Crippen LogP) is 0.730. The Kier molecular flexibility index (Phi) is 4.05. The Balaban J connectivity index is 2.92. The van der Waals surface area contributed by atoms with Crippen molar-refractivity contribution in [2.45, 2.75) is 5.03 Å². The number of nitrogens with zero attached hydrogens (tertiary/aromatic N) is 1. The van der Waals surface area contributed by atoms with E-state index in [1.54, 1.807) is 0 Å². The number of halogens is 2. The molecule has 0 amide bonds. The molecule has 0 aliphatic heterocycles. The summed E-state index contributed by atoms with van der Waals surface area (Å²) in [6, 6.07) is 0.696. The maximum absolute atomic E-state index is 13.0. The van der Waals surface area contributed by atoms with Crippen LogP contribution in [0.15, 0.2) is 11.1 Å². The number of anilines is 1. The van der Waals surface area contributed by atoms with Gasteiger partial charge in [0, 0.05) is 11.8 Å². The number of nitrogens with two attached hydrogens (primary N) is 1. The van der Waals surface area contributed by atoms with Crippen molar-refractivity contribution >= 4 is 17.6 Å². The number of nitrogen functional groups attached to an aromatic ring is 1. The summed E-state index contributed by atoms with van der Waals surface area (Å²) in [5, 5.41) is 8.52. The van der Waals surface area contributed by atoms with Gasteiger partial charge in [0.2, 0.25) is 0 Å². The third-order valence-electron chi connectivity index (χ3n) is 1.36. The molecule has 1 aromatic rings. The molecule has 14 heavy (non-hydrogen) atoms. The van der Waals surface area contributed by atoms with E-state index >= 15 is 0 Å². The summed E-state index contributed by atoms with van der Waals surface area (Å²) in [7, 11) is 0. The molecule has 0 aliphatic carbocycles. The second-order valence-corrected chi connectivity index (χ2v) is 3.41. The predicted molar refractivity (Wildman–Crippen MR) is 49.8 cm³/mol. The number of rotatable bonds is 4. The fourth-order valence-corrected chi connectivity index (χ4v) is 1.43. The van der Waals surface area contributed by atoms with Gasteiger partial charge in [-0.25, -0.2) is 19.6 Å². The van der Waals surface area contributed by atoms with Crippen LogP contribution >= 0.6 is 11.8 Å². The first-order valence-corrected chi connectivity index (χ1v) is 4.74. The Bertz CT molecular complexity index is 324. The summed E-state index contributed by atoms with van der Waals surface area (Å²) in [5.41, 5.74) is 2.01. The number of aliphatic hydroxyl groups excluding tert-OH is 1. The number of aromatic nitrogens is 1. The highest BCUT2D eigenvalue weighted by atomic mass is 32.2. The molecule has 0 fully saturated rings. The lowest BCUT2D eigenvalue weighted by Gasteiger charge is -2.05. The molecule has 0 aliphatic rings. The van der Waals surface area contributed by atoms with Gasteiger partial charge in [0.25, 0.3) is 0 Å². The van der Waals surface area contributed by atoms with Crippen molar-refractivity contribution in [3.05, 3.63) is 17.7 Å². The maximum Gasteiger partial charge on any atom is 0.177 e. The van der Waals surface area contributed by atoms with Gasteiger partial charge in [0.15, 0.2) is 17.5 Å². The number of hydrogen-bond acceptors (Lipinski definition) is 5. The number of pyridine rings is 1. The van der Waals surface area contributed by atoms with Crippen LogP contribution in [0.2, 0.25) is 0 Å². The van der Waals surface area contributed by atoms with E-state index < -0.39 is 11.6 Å². The Hall–Kier alpha value is -0.920. The van der Waals surface area contributed by atoms with Crippen LogP contribution in [0.4, 0.5) is 14.6 Å². The molecule has 0 unspecified atom stereocenters. The fourth-order valence-electron chi connectivity index (χ4n) is 0.794. The highest BCUT2D eigenvalue weighted by molar-refractivity contribution is 7.99. The normalized spacial score (nSPS) is 10.3. The van der Waals surface area contributed by atoms with Crippen LogP contribution in [0.1, 0.15) is 0 Å². The number of hydrogen-bond donors (Lipinski definition) is 3. The number of nitrogens with one attached hydrogen (secondary N) is 1. The number of aliphatic hydroxyl groups is 1. The van der Waals surface area contributed by atoms with E-state index in [0.717, 1.165) is 11.8 Å². The molecule has 0 radical (unpaired) electrons. The van der Waals surface area contributed by atoms with Crippen LogP contribution in [-0.2, 0) is 0 Å². The number of thioether (sulfide) groups is 1. The monoisotopic (exact) mass is 221 g/mol. The van der Waals surface area contributed by atoms with E-state index in [2.05, 4.69) is 4.98 Å². The molecule has 4 N–H and O–H groups in total. The topological polar surface area (TPSA) is 71.2 Å². The SMILES string of the molecule is NNc1nc(SCCO)c(F)cc1F. The third kappa shape index (κ3) is 2.53. The highest BCUT2D eigenvalue weighted by Crippen LogP contribution is 2.22. The van der Waals surface area contributed by atoms with Crippen molar-refractivity contribution < 1.29 is 13.9 Å². The van der Waals surface area contributed by atoms with Gasteiger partial charge in [-0.3, -0.25) is 0 Å². The lowest BCUT2D eigenvalue weighted by atomic mass is 10.4. The molecule has 1 rings (SSSR count). The van der Waals surface area contributed by atoms with Crippen LogP contribution in [-0.4, -0.2) is 22.5 Å². The van der Waals surface area contributed by atoms with Crippen LogP contribution in [0.5, 0.6) is 0 Å². The van der Waals surface area contributed by atoms with Crippen molar-refractivity contribution in [3.63, 3.8) is 0 Å². The summed E-state index contributed by atoms with van der Waals surface area (Å²) in [5.74, 6) is 3.43. The molecule has 0 saturated carbocycles. The van der Waals surface area contributed by atoms with Crippen LogP contribution in [0, 0.1) is 11.6 Å². The smallest absolute Gasteiger partial charge is 0.177 e. The third-order valence-corrected chi connectivity index (χ3v) is 2.31. The molecule has 1 heterocycles. The highest BCUT2D eigenvalue weighted by Gasteiger charge is 2.10. The zero-order valence-corrected chi connectivity index (χ0v) is 7.94. The van der Waals surface area contributed by atoms with Crippen molar-refractivity contribution in [1.29, 1.82) is 0 Å². The minimum atomic E-state index is -0.849. The zero-order chi connectivity index (χ0) is 10.6. The van der Waals surface area contributed by atoms with Crippen LogP contribution in [0.3, 0.4) is 0 Å². The first-order chi connectivity index (χ1) is 6.69. The minimum Gasteiger partial charge on any atom is -0.396 e. The molecular formula is C7H9F2N3OS. The van der Waals surface area contributed by atoms with Gasteiger partial charge in [-0.15, -0.1) is 11.8 Å². The average Bonchev–Trinajstić information content (AvgIpc) is 2.17. The molecule has 0 aromatic carbocycles. The summed E-state index contributed by atoms with van der Waals surface area (Å²) >= 11 is 0.987. The van der Waals surface area contributed by atoms with Crippen molar-refractivity contribution in [3.8, 4) is 0 Å². The zero-order valence-electron chi connectivity index (χ0n) is 7.13. The maximum atomic E-state index is 13.0. The second kappa shape index (κ2) is 5.08. The molecule has 4 nitrogen and oxygen atoms in total. The van der Waals surface area contributed by atoms with Gasteiger partial charge in [-0.05, 0) is 0 Å². The Labute approximate surface area is 83.5 Å². The molecule has 7 heteroatoms. The van der Waals surface area contributed by atoms with E-state index in [-0.39, 0.29) is 17.5 Å². The summed E-state index contributed by atoms with van der Waals surface area (Å²) < 4.78 is 25.9. The van der Waals surface area contributed by atoms with Crippen LogP contribution in [0.25, 0.3) is 0 Å². The molecule has 0 saturated heterocycles. The standard InChI is InChI=1S/C7H9F2N3OS/c8-4-3-5(9)7(14-2-1-13)11-6(4)12-10/h3,13H,1-2,10H2,(H,11,12). The van der Waals surface area contributed by atoms with E-state index in [0.29, 0.717) is 11.8 Å². The number of hydrazine groups is 1. The van der Waals surface area contributed by atoms with E-state index in [1.165, 1.54) is 0 Å². The fraction of sp³-hybridized carbons (Fsp3) is 0.286. The van der Waals surface area contributed by atoms with Gasteiger partial charge in [0.1, 0.15) is 5.03 Å². The Morgan fingerprint density at radius 2 is 2.21 bits per heavy atom. The molecule has 0 spiro atoms. The van der Waals surface area contributed by atoms with Gasteiger partial charge in [-0.2, -0.15) is 0 Å². The largest absolute Gasteiger partial charge is 0.396 e. The second-order valence-electron chi connectivity index (χ2n) is 2.32. The van der Waals surface area contributed by atoms with Crippen molar-refractivity contribution in [2.75, 3.05) is 17.8 Å². The van der Waals surface area contributed by atoms with Gasteiger partial charge in [-0.1, -0.05) is 0 Å². The van der Waals surface area contributed by atoms with Gasteiger partial charge in [0.05, 0.1) is 6.61 Å². The lowest BCUT2D eigenvalue weighted by Crippen LogP contribution is -2.11. The summed E-state index contributed by atoms with van der Waals surface area (Å²) in [4.78, 5) is 3.59. The summed E-state index contributed by atoms with van der Waals surface area (Å²) in [6.07, 6.45) is 0. The molecule has 0 atom stereocenters. The first kappa shape index (κ1) is 11.2. The lowest BCUT2D eigenvalue weighted by molar-refractivity contribution is 0.322. The van der Waals surface area contributed by atoms with Crippen LogP contribution < -0.4 is 11.3 Å². The molecule has 1 aromatic heterocycles. The molecule has 78 valence electrons. The summed E-state index contributed by atoms with van der Waals surface area (Å²) in [6.45, 7) is -0.103. The van der Waals surface area contributed by atoms with E-state index in [4.69, 9.17) is 10.9 Å². The van der Waals surface area contributed by atoms with E-state index in [1.807, 2.05) is 5.43 Å². The van der Waals surface area contributed by atoms with Gasteiger partial charge >= 0.3 is 0 Å². The quantitative estimate of drug-likeness (QED) is 0.397. The Morgan fingerprint density at radius 1 is 1.50 bits per heavy atom. The van der Waals surface area contributed by atoms with Gasteiger partial charge < -0.3 is 10.5 Å². The molecule has 0 bridgehead atoms. The Morgan fingerprint density at radius 3 is 2.79 bits per heavy atom. The van der Waals surface area contributed by atoms with E-state index in [9.17, 15) is 8.78 Å². The average molecular weight is 221 g/mol. The van der Waals surface area contributed by atoms with Crippen molar-refractivity contribution in [2.24, 2.45) is 5.84 Å².